The lowest BCUT2D eigenvalue weighted by Crippen LogP contribution is -2.36. The van der Waals surface area contributed by atoms with Crippen molar-refractivity contribution in [2.45, 2.75) is 20.4 Å². The number of rotatable bonds is 2. The summed E-state index contributed by atoms with van der Waals surface area (Å²) in [4.78, 5) is 4.20. The Balaban J connectivity index is 2.33. The van der Waals surface area contributed by atoms with Gasteiger partial charge >= 0.3 is 0 Å². The third kappa shape index (κ3) is 2.58. The lowest BCUT2D eigenvalue weighted by molar-refractivity contribution is -0.688. The maximum atomic E-state index is 7.86. The van der Waals surface area contributed by atoms with Crippen LogP contribution in [0.2, 0.25) is 0 Å². The molecule has 88 valence electrons. The van der Waals surface area contributed by atoms with Crippen LogP contribution in [0.4, 0.5) is 0 Å². The van der Waals surface area contributed by atoms with Crippen LogP contribution in [-0.2, 0) is 13.6 Å². The molecule has 0 aromatic carbocycles. The number of hydrogen-bond donors (Lipinski definition) is 1. The molecule has 0 radical (unpaired) electrons. The van der Waals surface area contributed by atoms with Crippen molar-refractivity contribution in [3.05, 3.63) is 53.2 Å². The van der Waals surface area contributed by atoms with Gasteiger partial charge < -0.3 is 4.57 Å². The zero-order valence-electron chi connectivity index (χ0n) is 10.4. The van der Waals surface area contributed by atoms with E-state index in [9.17, 15) is 0 Å². The van der Waals surface area contributed by atoms with E-state index in [1.54, 1.807) is 0 Å². The molecule has 0 atom stereocenters. The lowest BCUT2D eigenvalue weighted by Gasteiger charge is -2.05. The van der Waals surface area contributed by atoms with Gasteiger partial charge in [-0.05, 0) is 19.4 Å². The molecule has 0 aliphatic rings. The van der Waals surface area contributed by atoms with Crippen molar-refractivity contribution in [1.82, 2.24) is 9.55 Å². The molecular weight excluding hydrogens is 212 g/mol. The van der Waals surface area contributed by atoms with Gasteiger partial charge in [-0.25, -0.2) is 9.55 Å². The quantitative estimate of drug-likeness (QED) is 0.762. The van der Waals surface area contributed by atoms with Crippen LogP contribution in [0.25, 0.3) is 0 Å². The minimum absolute atomic E-state index is 0.355. The number of pyridine rings is 1. The molecule has 2 rings (SSSR count). The lowest BCUT2D eigenvalue weighted by atomic mass is 10.3. The average molecular weight is 229 g/mol. The summed E-state index contributed by atoms with van der Waals surface area (Å²) in [6, 6.07) is 4.12. The minimum atomic E-state index is 0.355. The minimum Gasteiger partial charge on any atom is -0.339 e. The molecule has 2 heterocycles. The van der Waals surface area contributed by atoms with Crippen molar-refractivity contribution < 1.29 is 4.57 Å². The van der Waals surface area contributed by atoms with Crippen molar-refractivity contribution in [2.24, 2.45) is 7.05 Å². The highest BCUT2D eigenvalue weighted by atomic mass is 15.0. The molecule has 0 unspecified atom stereocenters. The molecule has 0 saturated carbocycles. The van der Waals surface area contributed by atoms with E-state index in [0.29, 0.717) is 12.0 Å². The van der Waals surface area contributed by atoms with Gasteiger partial charge in [0.15, 0.2) is 24.4 Å². The topological polar surface area (TPSA) is 45.5 Å². The summed E-state index contributed by atoms with van der Waals surface area (Å²) in [6.45, 7) is 4.65. The van der Waals surface area contributed by atoms with Gasteiger partial charge in [-0.2, -0.15) is 0 Å². The van der Waals surface area contributed by atoms with E-state index in [4.69, 9.17) is 5.41 Å². The second-order valence-corrected chi connectivity index (χ2v) is 4.32. The number of nitrogens with one attached hydrogen (secondary N) is 1. The highest BCUT2D eigenvalue weighted by Crippen LogP contribution is 1.94. The maximum absolute atomic E-state index is 7.86. The highest BCUT2D eigenvalue weighted by molar-refractivity contribution is 5.05. The molecule has 1 N–H and O–H groups in total. The van der Waals surface area contributed by atoms with Crippen molar-refractivity contribution in [2.75, 3.05) is 0 Å². The summed E-state index contributed by atoms with van der Waals surface area (Å²) < 4.78 is 4.00. The Morgan fingerprint density at radius 1 is 1.29 bits per heavy atom. The first-order valence-corrected chi connectivity index (χ1v) is 5.60. The number of hydrogen-bond acceptors (Lipinski definition) is 2. The number of aromatic nitrogens is 3. The Morgan fingerprint density at radius 3 is 2.59 bits per heavy atom. The summed E-state index contributed by atoms with van der Waals surface area (Å²) in [7, 11) is 1.95. The molecule has 0 aliphatic carbocycles. The van der Waals surface area contributed by atoms with Crippen LogP contribution in [0.1, 0.15) is 17.0 Å². The van der Waals surface area contributed by atoms with Crippen LogP contribution in [0, 0.1) is 19.3 Å². The zero-order valence-corrected chi connectivity index (χ0v) is 10.4. The summed E-state index contributed by atoms with van der Waals surface area (Å²) in [6.07, 6.45) is 6.01. The van der Waals surface area contributed by atoms with Gasteiger partial charge in [0.25, 0.3) is 0 Å². The van der Waals surface area contributed by atoms with Crippen molar-refractivity contribution in [1.29, 1.82) is 5.41 Å². The third-order valence-electron chi connectivity index (χ3n) is 2.85. The van der Waals surface area contributed by atoms with Crippen LogP contribution < -0.4 is 10.1 Å². The third-order valence-corrected chi connectivity index (χ3v) is 2.85. The van der Waals surface area contributed by atoms with Gasteiger partial charge in [0.2, 0.25) is 0 Å². The fourth-order valence-electron chi connectivity index (χ4n) is 1.65. The summed E-state index contributed by atoms with van der Waals surface area (Å²) >= 11 is 0. The standard InChI is InChI=1S/C13H17N4/c1-10-4-6-17(7-5-10)9-12-8-16(3)11(2)15-13(12)14/h4-8,14H,9H2,1-3H3/q+1. The molecular formula is C13H17N4+. The molecule has 0 aliphatic heterocycles. The first-order valence-electron chi connectivity index (χ1n) is 5.60. The molecule has 17 heavy (non-hydrogen) atoms. The Bertz CT molecular complexity index is 581. The molecule has 0 spiro atoms. The largest absolute Gasteiger partial charge is 0.339 e. The molecule has 0 fully saturated rings. The first-order chi connectivity index (χ1) is 8.06. The van der Waals surface area contributed by atoms with E-state index in [2.05, 4.69) is 28.6 Å². The second-order valence-electron chi connectivity index (χ2n) is 4.32. The van der Waals surface area contributed by atoms with Gasteiger partial charge in [0.05, 0.1) is 5.56 Å². The summed E-state index contributed by atoms with van der Waals surface area (Å²) in [5.74, 6) is 0.854. The Hall–Kier alpha value is -1.97. The van der Waals surface area contributed by atoms with E-state index in [-0.39, 0.29) is 0 Å². The van der Waals surface area contributed by atoms with Crippen molar-refractivity contribution in [3.8, 4) is 0 Å². The Labute approximate surface area is 101 Å². The fourth-order valence-corrected chi connectivity index (χ4v) is 1.65. The molecule has 0 amide bonds. The molecule has 2 aromatic heterocycles. The SMILES string of the molecule is Cc1cc[n+](Cc2cn(C)c(C)nc2=N)cc1. The van der Waals surface area contributed by atoms with Crippen LogP contribution in [-0.4, -0.2) is 9.55 Å². The summed E-state index contributed by atoms with van der Waals surface area (Å²) in [5, 5.41) is 7.86. The van der Waals surface area contributed by atoms with E-state index in [1.807, 2.05) is 37.1 Å². The van der Waals surface area contributed by atoms with Crippen LogP contribution in [0.5, 0.6) is 0 Å². The van der Waals surface area contributed by atoms with Gasteiger partial charge in [-0.3, -0.25) is 5.41 Å². The van der Waals surface area contributed by atoms with Gasteiger partial charge in [0.1, 0.15) is 5.82 Å². The molecule has 4 nitrogen and oxygen atoms in total. The van der Waals surface area contributed by atoms with E-state index >= 15 is 0 Å². The summed E-state index contributed by atoms with van der Waals surface area (Å²) in [5.41, 5.74) is 2.51. The van der Waals surface area contributed by atoms with Crippen LogP contribution in [0.3, 0.4) is 0 Å². The Kier molecular flexibility index (Phi) is 3.04. The monoisotopic (exact) mass is 229 g/mol. The van der Waals surface area contributed by atoms with Gasteiger partial charge in [0, 0.05) is 25.4 Å². The fraction of sp³-hybridized carbons (Fsp3) is 0.308. The second kappa shape index (κ2) is 4.49. The van der Waals surface area contributed by atoms with Gasteiger partial charge in [-0.15, -0.1) is 0 Å². The molecule has 0 bridgehead atoms. The van der Waals surface area contributed by atoms with Crippen LogP contribution in [0.15, 0.2) is 30.7 Å². The van der Waals surface area contributed by atoms with Crippen molar-refractivity contribution >= 4 is 0 Å². The van der Waals surface area contributed by atoms with E-state index < -0.39 is 0 Å². The normalized spacial score (nSPS) is 10.5. The van der Waals surface area contributed by atoms with Crippen molar-refractivity contribution in [3.63, 3.8) is 0 Å². The van der Waals surface area contributed by atoms with E-state index in [1.165, 1.54) is 5.56 Å². The number of nitrogens with zero attached hydrogens (tertiary/aromatic N) is 3. The molecule has 4 heteroatoms. The van der Waals surface area contributed by atoms with E-state index in [0.717, 1.165) is 11.4 Å². The predicted molar refractivity (Wildman–Crippen MR) is 64.3 cm³/mol. The molecule has 0 saturated heterocycles. The number of aryl methyl sites for hydroxylation is 3. The highest BCUT2D eigenvalue weighted by Gasteiger charge is 2.06. The maximum Gasteiger partial charge on any atom is 0.178 e. The van der Waals surface area contributed by atoms with Gasteiger partial charge in [-0.1, -0.05) is 0 Å². The zero-order chi connectivity index (χ0) is 12.4. The predicted octanol–water partition coefficient (Wildman–Crippen LogP) is 0.852. The van der Waals surface area contributed by atoms with Crippen LogP contribution >= 0.6 is 0 Å². The first kappa shape index (κ1) is 11.5. The molecule has 2 aromatic rings. The Morgan fingerprint density at radius 2 is 1.94 bits per heavy atom. The average Bonchev–Trinajstić information content (AvgIpc) is 2.29. The smallest absolute Gasteiger partial charge is 0.178 e.